The van der Waals surface area contributed by atoms with Gasteiger partial charge < -0.3 is 4.74 Å². The smallest absolute Gasteiger partial charge is 0.357 e. The van der Waals surface area contributed by atoms with Crippen molar-refractivity contribution in [2.75, 3.05) is 14.2 Å². The van der Waals surface area contributed by atoms with Crippen LogP contribution in [0.25, 0.3) is 0 Å². The number of carbonyl (C=O) groups is 1. The zero-order valence-electron chi connectivity index (χ0n) is 16.1. The summed E-state index contributed by atoms with van der Waals surface area (Å²) < 4.78 is 5.08. The maximum atomic E-state index is 10.3. The van der Waals surface area contributed by atoms with Gasteiger partial charge in [0, 0.05) is 16.7 Å². The summed E-state index contributed by atoms with van der Waals surface area (Å²) in [6.07, 6.45) is 2.45. The van der Waals surface area contributed by atoms with Crippen LogP contribution in [0, 0.1) is 6.92 Å². The summed E-state index contributed by atoms with van der Waals surface area (Å²) in [5.74, 6) is 0.786. The molecule has 0 spiro atoms. The molecule has 1 amide bonds. The predicted molar refractivity (Wildman–Crippen MR) is 105 cm³/mol. The highest BCUT2D eigenvalue weighted by molar-refractivity contribution is 6.28. The summed E-state index contributed by atoms with van der Waals surface area (Å²) >= 11 is 5.67. The standard InChI is InChI=1S/C13H16N2O2.C6H8ClN2O/c1-10(2)8-13(15-14-9-16)11-4-6-12(17-3)7-5-11;1-5-3-4-6(7)9(8-5)10-2/h4-9H,1-3H3,(H,14,16);3-4H,1-2H3/q;+1/b15-13+;. The lowest BCUT2D eigenvalue weighted by atomic mass is 10.1. The third kappa shape index (κ3) is 7.87. The Bertz CT molecular complexity index is 801. The molecule has 0 bridgehead atoms. The number of allylic oxidation sites excluding steroid dienone is 2. The van der Waals surface area contributed by atoms with Gasteiger partial charge in [0.05, 0.1) is 12.8 Å². The minimum Gasteiger partial charge on any atom is -0.497 e. The van der Waals surface area contributed by atoms with Crippen molar-refractivity contribution >= 4 is 23.7 Å². The molecule has 144 valence electrons. The highest BCUT2D eigenvalue weighted by atomic mass is 35.5. The SMILES string of the molecule is CO[n+]1nc(C)ccc1Cl.COc1ccc(/C(C=C(C)C)=N/NC=O)cc1. The fourth-order valence-corrected chi connectivity index (χ4v) is 2.09. The Labute approximate surface area is 164 Å². The topological polar surface area (TPSA) is 76.7 Å². The maximum Gasteiger partial charge on any atom is 0.357 e. The molecular weight excluding hydrogens is 368 g/mol. The summed E-state index contributed by atoms with van der Waals surface area (Å²) in [6.45, 7) is 5.81. The van der Waals surface area contributed by atoms with E-state index in [0.29, 0.717) is 17.3 Å². The van der Waals surface area contributed by atoms with Gasteiger partial charge in [0.1, 0.15) is 16.3 Å². The second kappa shape index (κ2) is 11.6. The number of rotatable bonds is 6. The van der Waals surface area contributed by atoms with Crippen LogP contribution in [0.2, 0.25) is 5.15 Å². The van der Waals surface area contributed by atoms with E-state index in [1.165, 1.54) is 12.0 Å². The van der Waals surface area contributed by atoms with Gasteiger partial charge >= 0.3 is 5.15 Å². The molecular formula is C19H24ClN4O3+. The Morgan fingerprint density at radius 2 is 1.85 bits per heavy atom. The molecule has 8 heteroatoms. The average molecular weight is 392 g/mol. The number of nitrogens with one attached hydrogen (secondary N) is 1. The van der Waals surface area contributed by atoms with E-state index < -0.39 is 0 Å². The summed E-state index contributed by atoms with van der Waals surface area (Å²) in [4.78, 5) is 16.3. The Kier molecular flexibility index (Phi) is 9.53. The van der Waals surface area contributed by atoms with Gasteiger partial charge in [-0.1, -0.05) is 5.57 Å². The van der Waals surface area contributed by atoms with Gasteiger partial charge in [-0.05, 0) is 68.8 Å². The number of amides is 1. The van der Waals surface area contributed by atoms with Crippen molar-refractivity contribution < 1.29 is 19.2 Å². The van der Waals surface area contributed by atoms with Crippen molar-refractivity contribution in [1.29, 1.82) is 0 Å². The number of benzene rings is 1. The number of carbonyl (C=O) groups excluding carboxylic acids is 1. The highest BCUT2D eigenvalue weighted by Gasteiger charge is 2.09. The second-order valence-corrected chi connectivity index (χ2v) is 5.93. The maximum absolute atomic E-state index is 10.3. The molecule has 0 saturated heterocycles. The summed E-state index contributed by atoms with van der Waals surface area (Å²) in [5.41, 5.74) is 5.91. The van der Waals surface area contributed by atoms with E-state index in [-0.39, 0.29) is 0 Å². The molecule has 0 aliphatic carbocycles. The molecule has 0 saturated carbocycles. The van der Waals surface area contributed by atoms with E-state index >= 15 is 0 Å². The third-order valence-electron chi connectivity index (χ3n) is 3.12. The van der Waals surface area contributed by atoms with E-state index in [4.69, 9.17) is 21.2 Å². The zero-order valence-corrected chi connectivity index (χ0v) is 16.8. The third-order valence-corrected chi connectivity index (χ3v) is 3.39. The van der Waals surface area contributed by atoms with E-state index in [9.17, 15) is 4.79 Å². The van der Waals surface area contributed by atoms with E-state index in [2.05, 4.69) is 15.6 Å². The van der Waals surface area contributed by atoms with Crippen molar-refractivity contribution in [3.05, 3.63) is 64.5 Å². The van der Waals surface area contributed by atoms with E-state index in [1.54, 1.807) is 13.2 Å². The molecule has 0 aliphatic rings. The molecule has 0 atom stereocenters. The lowest BCUT2D eigenvalue weighted by molar-refractivity contribution is -0.928. The summed E-state index contributed by atoms with van der Waals surface area (Å²) in [6, 6.07) is 11.0. The molecule has 1 N–H and O–H groups in total. The highest BCUT2D eigenvalue weighted by Crippen LogP contribution is 2.13. The number of methoxy groups -OCH3 is 1. The first-order valence-electron chi connectivity index (χ1n) is 8.07. The predicted octanol–water partition coefficient (Wildman–Crippen LogP) is 2.50. The largest absolute Gasteiger partial charge is 0.497 e. The van der Waals surface area contributed by atoms with Gasteiger partial charge in [-0.15, -0.1) is 0 Å². The molecule has 1 aromatic carbocycles. The summed E-state index contributed by atoms with van der Waals surface area (Å²) in [5, 5.41) is 8.41. The molecule has 7 nitrogen and oxygen atoms in total. The van der Waals surface area contributed by atoms with Gasteiger partial charge in [0.2, 0.25) is 6.41 Å². The van der Waals surface area contributed by atoms with Crippen molar-refractivity contribution in [1.82, 2.24) is 10.5 Å². The van der Waals surface area contributed by atoms with Crippen molar-refractivity contribution in [2.45, 2.75) is 20.8 Å². The molecule has 0 unspecified atom stereocenters. The Hall–Kier alpha value is -2.93. The molecule has 2 rings (SSSR count). The van der Waals surface area contributed by atoms with Crippen molar-refractivity contribution in [2.24, 2.45) is 5.10 Å². The number of hydrogen-bond donors (Lipinski definition) is 1. The number of hydrogen-bond acceptors (Lipinski definition) is 5. The first-order valence-corrected chi connectivity index (χ1v) is 8.45. The average Bonchev–Trinajstić information content (AvgIpc) is 2.67. The molecule has 27 heavy (non-hydrogen) atoms. The number of aryl methyl sites for hydroxylation is 1. The van der Waals surface area contributed by atoms with Crippen LogP contribution < -0.4 is 19.8 Å². The summed E-state index contributed by atoms with van der Waals surface area (Å²) in [7, 11) is 3.13. The van der Waals surface area contributed by atoms with Crippen LogP contribution in [-0.2, 0) is 4.79 Å². The van der Waals surface area contributed by atoms with E-state index in [1.807, 2.05) is 57.2 Å². The van der Waals surface area contributed by atoms with Crippen LogP contribution in [0.5, 0.6) is 5.75 Å². The molecule has 0 aliphatic heterocycles. The Morgan fingerprint density at radius 3 is 2.33 bits per heavy atom. The van der Waals surface area contributed by atoms with E-state index in [0.717, 1.165) is 22.6 Å². The van der Waals surface area contributed by atoms with Crippen LogP contribution >= 0.6 is 11.6 Å². The number of aromatic nitrogens is 2. The fourth-order valence-electron chi connectivity index (χ4n) is 1.92. The Balaban J connectivity index is 0.000000309. The number of halogens is 1. The first-order chi connectivity index (χ1) is 12.9. The molecule has 2 aromatic rings. The lowest BCUT2D eigenvalue weighted by Crippen LogP contribution is -2.45. The number of hydrazone groups is 1. The van der Waals surface area contributed by atoms with Gasteiger partial charge in [0.15, 0.2) is 7.11 Å². The quantitative estimate of drug-likeness (QED) is 0.355. The van der Waals surface area contributed by atoms with Gasteiger partial charge in [0.25, 0.3) is 0 Å². The van der Waals surface area contributed by atoms with Crippen LogP contribution in [0.15, 0.2) is 53.1 Å². The lowest BCUT2D eigenvalue weighted by Gasteiger charge is -2.04. The van der Waals surface area contributed by atoms with Crippen LogP contribution in [0.3, 0.4) is 0 Å². The molecule has 0 radical (unpaired) electrons. The van der Waals surface area contributed by atoms with Gasteiger partial charge in [-0.3, -0.25) is 4.79 Å². The van der Waals surface area contributed by atoms with Crippen LogP contribution in [0.4, 0.5) is 0 Å². The minimum atomic E-state index is 0.466. The van der Waals surface area contributed by atoms with Crippen molar-refractivity contribution in [3.8, 4) is 5.75 Å². The van der Waals surface area contributed by atoms with Crippen LogP contribution in [-0.4, -0.2) is 31.4 Å². The van der Waals surface area contributed by atoms with Crippen molar-refractivity contribution in [3.63, 3.8) is 0 Å². The normalized spacial score (nSPS) is 10.2. The number of ether oxygens (including phenoxy) is 1. The van der Waals surface area contributed by atoms with Gasteiger partial charge in [-0.25, -0.2) is 10.3 Å². The monoisotopic (exact) mass is 391 g/mol. The van der Waals surface area contributed by atoms with Crippen LogP contribution in [0.1, 0.15) is 25.1 Å². The fraction of sp³-hybridized carbons (Fsp3) is 0.263. The first kappa shape index (κ1) is 22.1. The zero-order chi connectivity index (χ0) is 20.2. The minimum absolute atomic E-state index is 0.466. The molecule has 1 aromatic heterocycles. The molecule has 1 heterocycles. The molecule has 0 fully saturated rings. The Morgan fingerprint density at radius 1 is 1.19 bits per heavy atom. The second-order valence-electron chi connectivity index (χ2n) is 5.55. The number of nitrogens with zero attached hydrogens (tertiary/aromatic N) is 3. The van der Waals surface area contributed by atoms with Gasteiger partial charge in [-0.2, -0.15) is 5.10 Å².